The Bertz CT molecular complexity index is 749. The van der Waals surface area contributed by atoms with Crippen molar-refractivity contribution in [3.63, 3.8) is 0 Å². The van der Waals surface area contributed by atoms with Gasteiger partial charge in [0.2, 0.25) is 0 Å². The van der Waals surface area contributed by atoms with Crippen molar-refractivity contribution in [2.45, 2.75) is 6.54 Å². The first kappa shape index (κ1) is 12.5. The lowest BCUT2D eigenvalue weighted by atomic mass is 10.2. The predicted molar refractivity (Wildman–Crippen MR) is 77.5 cm³/mol. The van der Waals surface area contributed by atoms with Gasteiger partial charge in [-0.15, -0.1) is 0 Å². The smallest absolute Gasteiger partial charge is 0.132 e. The molecule has 1 nitrogen and oxygen atoms in total. The monoisotopic (exact) mass is 293 g/mol. The van der Waals surface area contributed by atoms with Crippen molar-refractivity contribution in [2.24, 2.45) is 0 Å². The molecule has 0 unspecified atom stereocenters. The van der Waals surface area contributed by atoms with E-state index in [4.69, 9.17) is 23.2 Å². The summed E-state index contributed by atoms with van der Waals surface area (Å²) in [5.41, 5.74) is 1.76. The largest absolute Gasteiger partial charge is 0.343 e. The van der Waals surface area contributed by atoms with Crippen LogP contribution in [0.3, 0.4) is 0 Å². The highest BCUT2D eigenvalue weighted by atomic mass is 35.5. The van der Waals surface area contributed by atoms with Gasteiger partial charge in [-0.3, -0.25) is 0 Å². The molecule has 0 atom stereocenters. The fourth-order valence-electron chi connectivity index (χ4n) is 2.17. The van der Waals surface area contributed by atoms with Gasteiger partial charge in [0.25, 0.3) is 0 Å². The topological polar surface area (TPSA) is 4.93 Å². The number of benzene rings is 2. The van der Waals surface area contributed by atoms with Crippen LogP contribution in [0.25, 0.3) is 10.9 Å². The predicted octanol–water partition coefficient (Wildman–Crippen LogP) is 5.14. The maximum absolute atomic E-state index is 13.6. The molecule has 1 heterocycles. The molecule has 0 bridgehead atoms. The summed E-state index contributed by atoms with van der Waals surface area (Å²) in [6, 6.07) is 12.2. The van der Waals surface area contributed by atoms with Gasteiger partial charge >= 0.3 is 0 Å². The number of aromatic nitrogens is 1. The molecule has 3 aromatic rings. The summed E-state index contributed by atoms with van der Waals surface area (Å²) in [6.45, 7) is 0.562. The Labute approximate surface area is 120 Å². The number of nitrogens with zero attached hydrogens (tertiary/aromatic N) is 1. The van der Waals surface area contributed by atoms with E-state index in [0.717, 1.165) is 11.1 Å². The Morgan fingerprint density at radius 3 is 2.74 bits per heavy atom. The van der Waals surface area contributed by atoms with Crippen LogP contribution in [0.1, 0.15) is 5.56 Å². The SMILES string of the molecule is Fc1cccc2c1ccn2Cc1cc(Cl)ccc1Cl. The lowest BCUT2D eigenvalue weighted by molar-refractivity contribution is 0.639. The third kappa shape index (κ3) is 2.34. The summed E-state index contributed by atoms with van der Waals surface area (Å²) >= 11 is 12.1. The molecule has 4 heteroatoms. The van der Waals surface area contributed by atoms with E-state index < -0.39 is 0 Å². The van der Waals surface area contributed by atoms with Crippen LogP contribution in [-0.4, -0.2) is 4.57 Å². The molecule has 19 heavy (non-hydrogen) atoms. The molecule has 96 valence electrons. The van der Waals surface area contributed by atoms with Crippen LogP contribution in [0.15, 0.2) is 48.7 Å². The number of hydrogen-bond acceptors (Lipinski definition) is 0. The summed E-state index contributed by atoms with van der Waals surface area (Å²) in [5.74, 6) is -0.214. The number of halogens is 3. The highest BCUT2D eigenvalue weighted by molar-refractivity contribution is 6.33. The molecule has 0 saturated heterocycles. The maximum atomic E-state index is 13.6. The van der Waals surface area contributed by atoms with Crippen LogP contribution in [0.2, 0.25) is 10.0 Å². The summed E-state index contributed by atoms with van der Waals surface area (Å²) in [4.78, 5) is 0. The van der Waals surface area contributed by atoms with Gasteiger partial charge in [0.1, 0.15) is 5.82 Å². The van der Waals surface area contributed by atoms with Crippen molar-refractivity contribution in [2.75, 3.05) is 0 Å². The van der Waals surface area contributed by atoms with Gasteiger partial charge in [0.15, 0.2) is 0 Å². The zero-order chi connectivity index (χ0) is 13.4. The zero-order valence-electron chi connectivity index (χ0n) is 9.91. The lowest BCUT2D eigenvalue weighted by Crippen LogP contribution is -1.98. The Balaban J connectivity index is 2.06. The Morgan fingerprint density at radius 1 is 1.05 bits per heavy atom. The molecule has 0 saturated carbocycles. The third-order valence-corrected chi connectivity index (χ3v) is 3.71. The van der Waals surface area contributed by atoms with Crippen LogP contribution in [0, 0.1) is 5.82 Å². The second kappa shape index (κ2) is 4.87. The first-order valence-electron chi connectivity index (χ1n) is 5.82. The van der Waals surface area contributed by atoms with Crippen molar-refractivity contribution in [1.82, 2.24) is 4.57 Å². The van der Waals surface area contributed by atoms with Crippen molar-refractivity contribution in [1.29, 1.82) is 0 Å². The van der Waals surface area contributed by atoms with Crippen molar-refractivity contribution < 1.29 is 4.39 Å². The van der Waals surface area contributed by atoms with E-state index in [1.165, 1.54) is 6.07 Å². The van der Waals surface area contributed by atoms with Gasteiger partial charge in [0, 0.05) is 28.2 Å². The number of rotatable bonds is 2. The van der Waals surface area contributed by atoms with Gasteiger partial charge in [-0.25, -0.2) is 4.39 Å². The number of hydrogen-bond donors (Lipinski definition) is 0. The molecule has 0 amide bonds. The summed E-state index contributed by atoms with van der Waals surface area (Å²) in [6.07, 6.45) is 1.85. The van der Waals surface area contributed by atoms with Gasteiger partial charge in [0.05, 0.1) is 5.52 Å². The minimum Gasteiger partial charge on any atom is -0.343 e. The van der Waals surface area contributed by atoms with Gasteiger partial charge in [-0.2, -0.15) is 0 Å². The van der Waals surface area contributed by atoms with Crippen molar-refractivity contribution >= 4 is 34.1 Å². The van der Waals surface area contributed by atoms with E-state index in [1.807, 2.05) is 22.9 Å². The normalized spacial score (nSPS) is 11.1. The maximum Gasteiger partial charge on any atom is 0.132 e. The fraction of sp³-hybridized carbons (Fsp3) is 0.0667. The molecular formula is C15H10Cl2FN. The molecule has 0 aliphatic rings. The molecule has 1 aromatic heterocycles. The second-order valence-electron chi connectivity index (χ2n) is 4.35. The summed E-state index contributed by atoms with van der Waals surface area (Å²) in [7, 11) is 0. The second-order valence-corrected chi connectivity index (χ2v) is 5.20. The molecule has 0 aliphatic heterocycles. The lowest BCUT2D eigenvalue weighted by Gasteiger charge is -2.08. The fourth-order valence-corrected chi connectivity index (χ4v) is 2.54. The first-order valence-corrected chi connectivity index (χ1v) is 6.58. The molecular weight excluding hydrogens is 284 g/mol. The summed E-state index contributed by atoms with van der Waals surface area (Å²) in [5, 5.41) is 1.91. The average molecular weight is 294 g/mol. The standard InChI is InChI=1S/C15H10Cl2FN/c16-11-4-5-13(17)10(8-11)9-19-7-6-12-14(18)2-1-3-15(12)19/h1-8H,9H2. The Morgan fingerprint density at radius 2 is 1.89 bits per heavy atom. The van der Waals surface area contributed by atoms with E-state index in [-0.39, 0.29) is 5.82 Å². The molecule has 0 radical (unpaired) electrons. The Kier molecular flexibility index (Phi) is 3.21. The van der Waals surface area contributed by atoms with E-state index >= 15 is 0 Å². The molecule has 0 spiro atoms. The van der Waals surface area contributed by atoms with E-state index in [2.05, 4.69) is 0 Å². The van der Waals surface area contributed by atoms with E-state index in [0.29, 0.717) is 22.0 Å². The third-order valence-electron chi connectivity index (χ3n) is 3.11. The van der Waals surface area contributed by atoms with E-state index in [1.54, 1.807) is 24.3 Å². The van der Waals surface area contributed by atoms with Crippen LogP contribution in [0.4, 0.5) is 4.39 Å². The Hall–Kier alpha value is -1.51. The van der Waals surface area contributed by atoms with Gasteiger partial charge < -0.3 is 4.57 Å². The molecule has 0 aliphatic carbocycles. The van der Waals surface area contributed by atoms with Crippen LogP contribution in [0.5, 0.6) is 0 Å². The molecule has 2 aromatic carbocycles. The highest BCUT2D eigenvalue weighted by Gasteiger charge is 2.07. The molecule has 0 N–H and O–H groups in total. The molecule has 3 rings (SSSR count). The highest BCUT2D eigenvalue weighted by Crippen LogP contribution is 2.24. The van der Waals surface area contributed by atoms with Gasteiger partial charge in [-0.05, 0) is 42.0 Å². The minimum absolute atomic E-state index is 0.214. The average Bonchev–Trinajstić information content (AvgIpc) is 2.79. The number of fused-ring (bicyclic) bond motifs is 1. The molecule has 0 fully saturated rings. The van der Waals surface area contributed by atoms with Crippen molar-refractivity contribution in [3.8, 4) is 0 Å². The zero-order valence-corrected chi connectivity index (χ0v) is 11.4. The van der Waals surface area contributed by atoms with E-state index in [9.17, 15) is 4.39 Å². The minimum atomic E-state index is -0.214. The van der Waals surface area contributed by atoms with Crippen LogP contribution in [-0.2, 0) is 6.54 Å². The van der Waals surface area contributed by atoms with Crippen LogP contribution < -0.4 is 0 Å². The summed E-state index contributed by atoms with van der Waals surface area (Å²) < 4.78 is 15.6. The van der Waals surface area contributed by atoms with Crippen LogP contribution >= 0.6 is 23.2 Å². The van der Waals surface area contributed by atoms with Gasteiger partial charge in [-0.1, -0.05) is 29.3 Å². The quantitative estimate of drug-likeness (QED) is 0.617. The first-order chi connectivity index (χ1) is 9.15. The van der Waals surface area contributed by atoms with Crippen molar-refractivity contribution in [3.05, 3.63) is 70.1 Å².